The summed E-state index contributed by atoms with van der Waals surface area (Å²) in [5.74, 6) is -1.72. The predicted molar refractivity (Wildman–Crippen MR) is 68.1 cm³/mol. The topological polar surface area (TPSA) is 26.3 Å². The second kappa shape index (κ2) is 6.75. The Bertz CT molecular complexity index is 440. The van der Waals surface area contributed by atoms with E-state index < -0.39 is 11.6 Å². The zero-order valence-electron chi connectivity index (χ0n) is 10.8. The zero-order chi connectivity index (χ0) is 13.7. The molecule has 0 aromatic heterocycles. The van der Waals surface area contributed by atoms with Crippen LogP contribution in [0.2, 0.25) is 0 Å². The predicted octanol–water partition coefficient (Wildman–Crippen LogP) is 3.74. The molecule has 19 heavy (non-hydrogen) atoms. The molecule has 0 saturated heterocycles. The Hall–Kier alpha value is -1.29. The summed E-state index contributed by atoms with van der Waals surface area (Å²) < 4.78 is 31.1. The maximum Gasteiger partial charge on any atom is 0.188 e. The summed E-state index contributed by atoms with van der Waals surface area (Å²) in [6, 6.07) is 3.16. The second-order valence-electron chi connectivity index (χ2n) is 5.07. The van der Waals surface area contributed by atoms with Gasteiger partial charge in [0.15, 0.2) is 17.4 Å². The van der Waals surface area contributed by atoms with Gasteiger partial charge in [-0.3, -0.25) is 4.79 Å². The molecule has 2 rings (SSSR count). The Morgan fingerprint density at radius 2 is 1.89 bits per heavy atom. The van der Waals surface area contributed by atoms with E-state index in [0.29, 0.717) is 12.5 Å². The third-order valence-electron chi connectivity index (χ3n) is 3.55. The highest BCUT2D eigenvalue weighted by Gasteiger charge is 2.15. The number of benzene rings is 1. The van der Waals surface area contributed by atoms with Gasteiger partial charge in [-0.25, -0.2) is 8.78 Å². The maximum atomic E-state index is 13.0. The van der Waals surface area contributed by atoms with Crippen molar-refractivity contribution < 1.29 is 18.3 Å². The molecule has 0 heterocycles. The van der Waals surface area contributed by atoms with Crippen molar-refractivity contribution >= 4 is 5.78 Å². The van der Waals surface area contributed by atoms with Crippen LogP contribution in [0.25, 0.3) is 0 Å². The molecule has 0 amide bonds. The average Bonchev–Trinajstić information content (AvgIpc) is 2.43. The lowest BCUT2D eigenvalue weighted by Crippen LogP contribution is -2.17. The van der Waals surface area contributed by atoms with Crippen molar-refractivity contribution in [2.24, 2.45) is 5.92 Å². The number of halogens is 2. The summed E-state index contributed by atoms with van der Waals surface area (Å²) in [4.78, 5) is 11.7. The number of Topliss-reactive ketones (excluding diaryl/α,β-unsaturated/α-hetero) is 1. The van der Waals surface area contributed by atoms with Crippen molar-refractivity contribution in [1.82, 2.24) is 0 Å². The summed E-state index contributed by atoms with van der Waals surface area (Å²) in [6.07, 6.45) is 6.04. The van der Waals surface area contributed by atoms with Gasteiger partial charge >= 0.3 is 0 Å². The fourth-order valence-electron chi connectivity index (χ4n) is 2.43. The first-order chi connectivity index (χ1) is 9.16. The van der Waals surface area contributed by atoms with E-state index in [1.807, 2.05) is 0 Å². The van der Waals surface area contributed by atoms with E-state index in [9.17, 15) is 13.6 Å². The van der Waals surface area contributed by atoms with Crippen LogP contribution in [-0.4, -0.2) is 19.0 Å². The fourth-order valence-corrected chi connectivity index (χ4v) is 2.43. The van der Waals surface area contributed by atoms with Crippen molar-refractivity contribution in [3.63, 3.8) is 0 Å². The van der Waals surface area contributed by atoms with Crippen LogP contribution < -0.4 is 0 Å². The summed E-state index contributed by atoms with van der Waals surface area (Å²) in [5.41, 5.74) is 0.155. The van der Waals surface area contributed by atoms with E-state index >= 15 is 0 Å². The van der Waals surface area contributed by atoms with Gasteiger partial charge in [0.05, 0.1) is 6.61 Å². The minimum Gasteiger partial charge on any atom is -0.373 e. The number of hydrogen-bond donors (Lipinski definition) is 0. The van der Waals surface area contributed by atoms with E-state index in [1.165, 1.54) is 25.3 Å². The van der Waals surface area contributed by atoms with Crippen LogP contribution in [0.3, 0.4) is 0 Å². The van der Waals surface area contributed by atoms with E-state index in [4.69, 9.17) is 4.74 Å². The lowest BCUT2D eigenvalue weighted by molar-refractivity contribution is 0.0628. The van der Waals surface area contributed by atoms with Crippen LogP contribution in [0.5, 0.6) is 0 Å². The molecule has 1 fully saturated rings. The van der Waals surface area contributed by atoms with E-state index in [1.54, 1.807) is 0 Å². The second-order valence-corrected chi connectivity index (χ2v) is 5.07. The van der Waals surface area contributed by atoms with Crippen molar-refractivity contribution in [3.8, 4) is 0 Å². The number of rotatable bonds is 5. The van der Waals surface area contributed by atoms with Crippen molar-refractivity contribution in [2.45, 2.75) is 32.1 Å². The van der Waals surface area contributed by atoms with Gasteiger partial charge in [-0.1, -0.05) is 19.3 Å². The quantitative estimate of drug-likeness (QED) is 0.760. The molecular weight excluding hydrogens is 250 g/mol. The highest BCUT2D eigenvalue weighted by Crippen LogP contribution is 2.23. The number of ketones is 1. The minimum atomic E-state index is -1.00. The van der Waals surface area contributed by atoms with Crippen LogP contribution in [-0.2, 0) is 4.74 Å². The fraction of sp³-hybridized carbons (Fsp3) is 0.533. The van der Waals surface area contributed by atoms with Gasteiger partial charge in [-0.05, 0) is 37.0 Å². The molecule has 1 aliphatic carbocycles. The van der Waals surface area contributed by atoms with Crippen molar-refractivity contribution in [3.05, 3.63) is 35.4 Å². The normalized spacial score (nSPS) is 16.5. The third kappa shape index (κ3) is 4.10. The van der Waals surface area contributed by atoms with Gasteiger partial charge in [0.1, 0.15) is 6.61 Å². The first-order valence-corrected chi connectivity index (χ1v) is 6.73. The number of ether oxygens (including phenoxy) is 1. The van der Waals surface area contributed by atoms with Crippen LogP contribution in [0.4, 0.5) is 8.78 Å². The molecule has 2 nitrogen and oxygen atoms in total. The highest BCUT2D eigenvalue weighted by molar-refractivity contribution is 5.97. The standard InChI is InChI=1S/C15H18F2O2/c16-13-7-6-12(8-14(13)17)15(18)10-19-9-11-4-2-1-3-5-11/h6-8,11H,1-5,9-10H2. The third-order valence-corrected chi connectivity index (χ3v) is 3.55. The molecule has 1 aromatic carbocycles. The van der Waals surface area contributed by atoms with E-state index in [2.05, 4.69) is 0 Å². The molecule has 1 aromatic rings. The molecule has 104 valence electrons. The van der Waals surface area contributed by atoms with Gasteiger partial charge in [0, 0.05) is 5.56 Å². The summed E-state index contributed by atoms with van der Waals surface area (Å²) in [5, 5.41) is 0. The SMILES string of the molecule is O=C(COCC1CCCCC1)c1ccc(F)c(F)c1. The molecule has 1 saturated carbocycles. The van der Waals surface area contributed by atoms with Crippen LogP contribution in [0, 0.1) is 17.6 Å². The lowest BCUT2D eigenvalue weighted by atomic mass is 9.90. The highest BCUT2D eigenvalue weighted by atomic mass is 19.2. The van der Waals surface area contributed by atoms with Crippen LogP contribution >= 0.6 is 0 Å². The maximum absolute atomic E-state index is 13.0. The number of carbonyl (C=O) groups is 1. The Labute approximate surface area is 111 Å². The Morgan fingerprint density at radius 1 is 1.16 bits per heavy atom. The summed E-state index contributed by atoms with van der Waals surface area (Å²) in [7, 11) is 0. The smallest absolute Gasteiger partial charge is 0.188 e. The molecule has 0 radical (unpaired) electrons. The Balaban J connectivity index is 1.78. The molecular formula is C15H18F2O2. The molecule has 0 unspecified atom stereocenters. The molecule has 0 bridgehead atoms. The largest absolute Gasteiger partial charge is 0.373 e. The lowest BCUT2D eigenvalue weighted by Gasteiger charge is -2.21. The first kappa shape index (κ1) is 14.1. The first-order valence-electron chi connectivity index (χ1n) is 6.73. The molecule has 1 aliphatic rings. The van der Waals surface area contributed by atoms with Gasteiger partial charge in [0.2, 0.25) is 0 Å². The Kier molecular flexibility index (Phi) is 5.02. The van der Waals surface area contributed by atoms with Gasteiger partial charge < -0.3 is 4.74 Å². The van der Waals surface area contributed by atoms with Crippen LogP contribution in [0.1, 0.15) is 42.5 Å². The van der Waals surface area contributed by atoms with E-state index in [-0.39, 0.29) is 18.0 Å². The van der Waals surface area contributed by atoms with Gasteiger partial charge in [0.25, 0.3) is 0 Å². The average molecular weight is 268 g/mol. The summed E-state index contributed by atoms with van der Waals surface area (Å²) in [6.45, 7) is 0.511. The monoisotopic (exact) mass is 268 g/mol. The molecule has 0 atom stereocenters. The van der Waals surface area contributed by atoms with E-state index in [0.717, 1.165) is 25.0 Å². The zero-order valence-corrected chi connectivity index (χ0v) is 10.8. The molecule has 0 aliphatic heterocycles. The van der Waals surface area contributed by atoms with Crippen LogP contribution in [0.15, 0.2) is 18.2 Å². The van der Waals surface area contributed by atoms with Crippen molar-refractivity contribution in [2.75, 3.05) is 13.2 Å². The van der Waals surface area contributed by atoms with Gasteiger partial charge in [-0.15, -0.1) is 0 Å². The molecule has 0 N–H and O–H groups in total. The van der Waals surface area contributed by atoms with Gasteiger partial charge in [-0.2, -0.15) is 0 Å². The molecule has 0 spiro atoms. The molecule has 4 heteroatoms. The number of hydrogen-bond acceptors (Lipinski definition) is 2. The summed E-state index contributed by atoms with van der Waals surface area (Å²) >= 11 is 0. The van der Waals surface area contributed by atoms with Crippen molar-refractivity contribution in [1.29, 1.82) is 0 Å². The minimum absolute atomic E-state index is 0.0679. The Morgan fingerprint density at radius 3 is 2.58 bits per heavy atom. The number of carbonyl (C=O) groups excluding carboxylic acids is 1.